The van der Waals surface area contributed by atoms with Crippen LogP contribution in [-0.4, -0.2) is 37.9 Å². The average molecular weight is 345 g/mol. The molecule has 0 spiro atoms. The third-order valence-corrected chi connectivity index (χ3v) is 3.56. The summed E-state index contributed by atoms with van der Waals surface area (Å²) in [4.78, 5) is 11.6. The molecule has 1 heterocycles. The molecule has 0 atom stereocenters. The van der Waals surface area contributed by atoms with Crippen LogP contribution in [0.5, 0.6) is 0 Å². The van der Waals surface area contributed by atoms with Crippen LogP contribution in [0.25, 0.3) is 5.69 Å². The number of hydrogen-bond acceptors (Lipinski definition) is 5. The summed E-state index contributed by atoms with van der Waals surface area (Å²) < 4.78 is 39.5. The van der Waals surface area contributed by atoms with E-state index in [0.717, 1.165) is 23.9 Å². The lowest BCUT2D eigenvalue weighted by atomic mass is 10.2. The largest absolute Gasteiger partial charge is 0.416 e. The molecule has 0 radical (unpaired) electrons. The summed E-state index contributed by atoms with van der Waals surface area (Å²) in [6.07, 6.45) is -4.45. The molecule has 0 aliphatic rings. The second kappa shape index (κ2) is 6.99. The van der Waals surface area contributed by atoms with E-state index in [1.54, 1.807) is 0 Å². The Kier molecular flexibility index (Phi) is 5.24. The van der Waals surface area contributed by atoms with Gasteiger partial charge in [-0.05, 0) is 42.5 Å². The number of carbonyl (C=O) groups is 1. The minimum atomic E-state index is -4.45. The Labute approximate surface area is 134 Å². The van der Waals surface area contributed by atoms with Gasteiger partial charge in [0, 0.05) is 6.04 Å². The maximum atomic E-state index is 12.8. The van der Waals surface area contributed by atoms with Gasteiger partial charge < -0.3 is 5.32 Å². The lowest BCUT2D eigenvalue weighted by molar-refractivity contribution is -0.137. The third-order valence-electron chi connectivity index (χ3n) is 2.64. The van der Waals surface area contributed by atoms with Crippen molar-refractivity contribution in [3.8, 4) is 5.69 Å². The van der Waals surface area contributed by atoms with Crippen LogP contribution in [0.3, 0.4) is 0 Å². The Morgan fingerprint density at radius 1 is 1.39 bits per heavy atom. The zero-order valence-corrected chi connectivity index (χ0v) is 13.1. The van der Waals surface area contributed by atoms with Gasteiger partial charge in [0.15, 0.2) is 0 Å². The van der Waals surface area contributed by atoms with Crippen molar-refractivity contribution in [2.75, 3.05) is 5.75 Å². The standard InChI is InChI=1S/C13H14F3N5OS/c1-8(2)17-11(22)7-23-12-18-19-20-21(12)10-5-3-4-9(6-10)13(14,15)16/h3-6,8H,7H2,1-2H3,(H,17,22). The van der Waals surface area contributed by atoms with E-state index in [4.69, 9.17) is 0 Å². The number of amides is 1. The van der Waals surface area contributed by atoms with E-state index >= 15 is 0 Å². The fourth-order valence-electron chi connectivity index (χ4n) is 1.74. The number of benzene rings is 1. The fraction of sp³-hybridized carbons (Fsp3) is 0.385. The third kappa shape index (κ3) is 4.68. The van der Waals surface area contributed by atoms with Crippen LogP contribution in [0.15, 0.2) is 29.4 Å². The van der Waals surface area contributed by atoms with Crippen LogP contribution >= 0.6 is 11.8 Å². The predicted molar refractivity (Wildman–Crippen MR) is 78.2 cm³/mol. The highest BCUT2D eigenvalue weighted by atomic mass is 32.2. The number of nitrogens with one attached hydrogen (secondary N) is 1. The number of thioether (sulfide) groups is 1. The smallest absolute Gasteiger partial charge is 0.353 e. The molecule has 1 amide bonds. The number of carbonyl (C=O) groups excluding carboxylic acids is 1. The molecule has 124 valence electrons. The highest BCUT2D eigenvalue weighted by Crippen LogP contribution is 2.30. The van der Waals surface area contributed by atoms with E-state index < -0.39 is 11.7 Å². The van der Waals surface area contributed by atoms with E-state index in [-0.39, 0.29) is 28.5 Å². The van der Waals surface area contributed by atoms with Crippen LogP contribution in [0.4, 0.5) is 13.2 Å². The first-order valence-corrected chi connectivity index (χ1v) is 7.64. The fourth-order valence-corrected chi connectivity index (χ4v) is 2.44. The number of hydrogen-bond donors (Lipinski definition) is 1. The van der Waals surface area contributed by atoms with Gasteiger partial charge in [0.2, 0.25) is 11.1 Å². The summed E-state index contributed by atoms with van der Waals surface area (Å²) >= 11 is 1.05. The second-order valence-corrected chi connectivity index (χ2v) is 5.87. The Hall–Kier alpha value is -2.10. The first kappa shape index (κ1) is 17.3. The Morgan fingerprint density at radius 3 is 2.78 bits per heavy atom. The topological polar surface area (TPSA) is 72.7 Å². The van der Waals surface area contributed by atoms with Crippen molar-refractivity contribution >= 4 is 17.7 Å². The van der Waals surface area contributed by atoms with Gasteiger partial charge in [-0.1, -0.05) is 17.8 Å². The molecule has 2 rings (SSSR count). The summed E-state index contributed by atoms with van der Waals surface area (Å²) in [6, 6.07) is 4.66. The molecular weight excluding hydrogens is 331 g/mol. The SMILES string of the molecule is CC(C)NC(=O)CSc1nnnn1-c1cccc(C(F)(F)F)c1. The molecule has 10 heteroatoms. The molecule has 23 heavy (non-hydrogen) atoms. The summed E-state index contributed by atoms with van der Waals surface area (Å²) in [5, 5.41) is 13.8. The Morgan fingerprint density at radius 2 is 2.13 bits per heavy atom. The normalized spacial score (nSPS) is 11.7. The number of alkyl halides is 3. The molecule has 0 saturated carbocycles. The van der Waals surface area contributed by atoms with E-state index in [9.17, 15) is 18.0 Å². The molecule has 1 aromatic carbocycles. The molecule has 0 aliphatic carbocycles. The average Bonchev–Trinajstić information content (AvgIpc) is 2.92. The van der Waals surface area contributed by atoms with Crippen molar-refractivity contribution in [1.82, 2.24) is 25.5 Å². The second-order valence-electron chi connectivity index (χ2n) is 4.93. The van der Waals surface area contributed by atoms with E-state index in [1.165, 1.54) is 16.8 Å². The lowest BCUT2D eigenvalue weighted by Crippen LogP contribution is -2.31. The highest BCUT2D eigenvalue weighted by Gasteiger charge is 2.30. The Bertz CT molecular complexity index is 686. The lowest BCUT2D eigenvalue weighted by Gasteiger charge is -2.10. The zero-order valence-electron chi connectivity index (χ0n) is 12.3. The van der Waals surface area contributed by atoms with Gasteiger partial charge in [-0.3, -0.25) is 4.79 Å². The molecule has 0 fully saturated rings. The van der Waals surface area contributed by atoms with Crippen LogP contribution in [0.1, 0.15) is 19.4 Å². The summed E-state index contributed by atoms with van der Waals surface area (Å²) in [7, 11) is 0. The maximum absolute atomic E-state index is 12.8. The predicted octanol–water partition coefficient (Wildman–Crippen LogP) is 2.30. The first-order chi connectivity index (χ1) is 10.8. The summed E-state index contributed by atoms with van der Waals surface area (Å²) in [5.41, 5.74) is -0.615. The van der Waals surface area contributed by atoms with Gasteiger partial charge in [0.05, 0.1) is 17.0 Å². The van der Waals surface area contributed by atoms with Crippen LogP contribution in [0, 0.1) is 0 Å². The van der Waals surface area contributed by atoms with Crippen molar-refractivity contribution in [1.29, 1.82) is 0 Å². The summed E-state index contributed by atoms with van der Waals surface area (Å²) in [5.74, 6) is -0.138. The zero-order chi connectivity index (χ0) is 17.0. The van der Waals surface area contributed by atoms with Crippen LogP contribution in [0.2, 0.25) is 0 Å². The molecule has 6 nitrogen and oxygen atoms in total. The van der Waals surface area contributed by atoms with Crippen molar-refractivity contribution in [2.24, 2.45) is 0 Å². The molecule has 2 aromatic rings. The maximum Gasteiger partial charge on any atom is 0.416 e. The molecule has 0 saturated heterocycles. The molecule has 0 unspecified atom stereocenters. The van der Waals surface area contributed by atoms with Gasteiger partial charge in [0.1, 0.15) is 0 Å². The first-order valence-electron chi connectivity index (χ1n) is 6.65. The number of tetrazole rings is 1. The van der Waals surface area contributed by atoms with Crippen molar-refractivity contribution in [3.05, 3.63) is 29.8 Å². The van der Waals surface area contributed by atoms with E-state index in [1.807, 2.05) is 13.8 Å². The van der Waals surface area contributed by atoms with Gasteiger partial charge in [-0.25, -0.2) is 0 Å². The van der Waals surface area contributed by atoms with Gasteiger partial charge in [-0.15, -0.1) is 5.10 Å². The minimum absolute atomic E-state index is 0.00237. The molecule has 1 N–H and O–H groups in total. The van der Waals surface area contributed by atoms with Crippen LogP contribution < -0.4 is 5.32 Å². The van der Waals surface area contributed by atoms with E-state index in [2.05, 4.69) is 20.8 Å². The number of rotatable bonds is 5. The number of nitrogens with zero attached hydrogens (tertiary/aromatic N) is 4. The highest BCUT2D eigenvalue weighted by molar-refractivity contribution is 7.99. The quantitative estimate of drug-likeness (QED) is 0.842. The monoisotopic (exact) mass is 345 g/mol. The van der Waals surface area contributed by atoms with Gasteiger partial charge in [0.25, 0.3) is 0 Å². The molecule has 1 aromatic heterocycles. The number of aromatic nitrogens is 4. The van der Waals surface area contributed by atoms with Crippen molar-refractivity contribution in [2.45, 2.75) is 31.2 Å². The van der Waals surface area contributed by atoms with E-state index in [0.29, 0.717) is 0 Å². The van der Waals surface area contributed by atoms with Crippen molar-refractivity contribution in [3.63, 3.8) is 0 Å². The summed E-state index contributed by atoms with van der Waals surface area (Å²) in [6.45, 7) is 3.66. The number of halogens is 3. The van der Waals surface area contributed by atoms with Crippen LogP contribution in [-0.2, 0) is 11.0 Å². The van der Waals surface area contributed by atoms with Gasteiger partial charge in [-0.2, -0.15) is 17.9 Å². The van der Waals surface area contributed by atoms with Crippen molar-refractivity contribution < 1.29 is 18.0 Å². The molecular formula is C13H14F3N5OS. The Balaban J connectivity index is 2.17. The molecule has 0 bridgehead atoms. The van der Waals surface area contributed by atoms with Gasteiger partial charge >= 0.3 is 6.18 Å². The minimum Gasteiger partial charge on any atom is -0.353 e. The molecule has 0 aliphatic heterocycles.